The highest BCUT2D eigenvalue weighted by atomic mass is 32.1. The van der Waals surface area contributed by atoms with Gasteiger partial charge in [-0.15, -0.1) is 0 Å². The summed E-state index contributed by atoms with van der Waals surface area (Å²) in [5.74, 6) is -6.47. The van der Waals surface area contributed by atoms with E-state index in [-0.39, 0.29) is 30.9 Å². The van der Waals surface area contributed by atoms with Gasteiger partial charge in [0.2, 0.25) is 17.7 Å². The normalized spacial score (nSPS) is 14.5. The van der Waals surface area contributed by atoms with Gasteiger partial charge in [0, 0.05) is 18.6 Å². The monoisotopic (exact) mass is 492 g/mol. The molecule has 188 valence electrons. The van der Waals surface area contributed by atoms with Crippen LogP contribution in [0.1, 0.15) is 46.0 Å². The zero-order valence-electron chi connectivity index (χ0n) is 18.4. The summed E-state index contributed by atoms with van der Waals surface area (Å²) in [6.07, 6.45) is -1.49. The first-order valence-corrected chi connectivity index (χ1v) is 10.9. The lowest BCUT2D eigenvalue weighted by atomic mass is 10.0. The molecule has 8 N–H and O–H groups in total. The molecule has 33 heavy (non-hydrogen) atoms. The average Bonchev–Trinajstić information content (AvgIpc) is 2.71. The Labute approximate surface area is 196 Å². The fourth-order valence-corrected chi connectivity index (χ4v) is 2.84. The van der Waals surface area contributed by atoms with Gasteiger partial charge >= 0.3 is 17.9 Å². The highest BCUT2D eigenvalue weighted by Crippen LogP contribution is 2.09. The Morgan fingerprint density at radius 1 is 0.758 bits per heavy atom. The number of hydrogen-bond acceptors (Lipinski definition) is 8. The number of rotatable bonds is 16. The first-order valence-electron chi connectivity index (χ1n) is 10.2. The SMILES string of the molecule is CC(C)CC(NC(=O)C(CCC(=O)O)NC(=O)C(N)CS)C(=O)NC(CCC(=O)O)C(=O)O. The smallest absolute Gasteiger partial charge is 0.326 e. The Morgan fingerprint density at radius 2 is 1.18 bits per heavy atom. The minimum atomic E-state index is -1.49. The summed E-state index contributed by atoms with van der Waals surface area (Å²) in [7, 11) is 0. The first kappa shape index (κ1) is 30.1. The summed E-state index contributed by atoms with van der Waals surface area (Å²) in [5, 5.41) is 33.9. The second kappa shape index (κ2) is 15.1. The van der Waals surface area contributed by atoms with Gasteiger partial charge in [0.1, 0.15) is 18.1 Å². The van der Waals surface area contributed by atoms with E-state index < -0.39 is 72.6 Å². The van der Waals surface area contributed by atoms with Gasteiger partial charge in [-0.25, -0.2) is 4.79 Å². The predicted octanol–water partition coefficient (Wildman–Crippen LogP) is -1.44. The number of carboxylic acid groups (broad SMARTS) is 3. The molecule has 0 fully saturated rings. The first-order chi connectivity index (χ1) is 15.3. The zero-order valence-corrected chi connectivity index (χ0v) is 19.3. The molecule has 0 heterocycles. The quantitative estimate of drug-likeness (QED) is 0.117. The number of hydrogen-bond donors (Lipinski definition) is 8. The Kier molecular flexibility index (Phi) is 13.7. The third kappa shape index (κ3) is 12.7. The van der Waals surface area contributed by atoms with E-state index in [0.29, 0.717) is 0 Å². The fourth-order valence-electron chi connectivity index (χ4n) is 2.67. The zero-order chi connectivity index (χ0) is 25.7. The molecule has 0 aromatic rings. The molecule has 0 bridgehead atoms. The number of thiol groups is 1. The summed E-state index contributed by atoms with van der Waals surface area (Å²) in [6.45, 7) is 3.50. The van der Waals surface area contributed by atoms with Crippen LogP contribution in [0.5, 0.6) is 0 Å². The molecule has 0 saturated heterocycles. The van der Waals surface area contributed by atoms with Crippen LogP contribution in [0.3, 0.4) is 0 Å². The fraction of sp³-hybridized carbons (Fsp3) is 0.684. The molecule has 3 amide bonds. The summed E-state index contributed by atoms with van der Waals surface area (Å²) < 4.78 is 0. The average molecular weight is 493 g/mol. The second-order valence-corrected chi connectivity index (χ2v) is 8.17. The lowest BCUT2D eigenvalue weighted by Crippen LogP contribution is -2.57. The van der Waals surface area contributed by atoms with E-state index in [9.17, 15) is 33.9 Å². The molecule has 4 atom stereocenters. The van der Waals surface area contributed by atoms with Crippen LogP contribution in [0.15, 0.2) is 0 Å². The van der Waals surface area contributed by atoms with Crippen molar-refractivity contribution >= 4 is 48.3 Å². The third-order valence-corrected chi connectivity index (χ3v) is 4.81. The van der Waals surface area contributed by atoms with E-state index in [1.807, 2.05) is 0 Å². The Balaban J connectivity index is 5.51. The van der Waals surface area contributed by atoms with E-state index >= 15 is 0 Å². The van der Waals surface area contributed by atoms with Gasteiger partial charge in [0.15, 0.2) is 0 Å². The maximum absolute atomic E-state index is 12.8. The molecule has 0 aliphatic carbocycles. The largest absolute Gasteiger partial charge is 0.481 e. The van der Waals surface area contributed by atoms with Crippen LogP contribution in [0.2, 0.25) is 0 Å². The van der Waals surface area contributed by atoms with E-state index in [0.717, 1.165) is 0 Å². The van der Waals surface area contributed by atoms with Gasteiger partial charge < -0.3 is 37.0 Å². The third-order valence-electron chi connectivity index (χ3n) is 4.41. The summed E-state index contributed by atoms with van der Waals surface area (Å²) in [5.41, 5.74) is 5.57. The van der Waals surface area contributed by atoms with Gasteiger partial charge in [0.25, 0.3) is 0 Å². The number of carbonyl (C=O) groups is 6. The van der Waals surface area contributed by atoms with E-state index in [4.69, 9.17) is 15.9 Å². The van der Waals surface area contributed by atoms with Crippen LogP contribution in [0.25, 0.3) is 0 Å². The molecule has 4 unspecified atom stereocenters. The highest BCUT2D eigenvalue weighted by Gasteiger charge is 2.31. The summed E-state index contributed by atoms with van der Waals surface area (Å²) >= 11 is 3.89. The minimum absolute atomic E-state index is 0.0234. The van der Waals surface area contributed by atoms with Gasteiger partial charge in [0.05, 0.1) is 6.04 Å². The van der Waals surface area contributed by atoms with Crippen LogP contribution in [0.4, 0.5) is 0 Å². The molecule has 0 spiro atoms. The lowest BCUT2D eigenvalue weighted by Gasteiger charge is -2.25. The topological polar surface area (TPSA) is 225 Å². The van der Waals surface area contributed by atoms with E-state index in [1.54, 1.807) is 13.8 Å². The maximum Gasteiger partial charge on any atom is 0.326 e. The molecule has 14 heteroatoms. The molecule has 0 radical (unpaired) electrons. The van der Waals surface area contributed by atoms with Crippen molar-refractivity contribution in [2.75, 3.05) is 5.75 Å². The van der Waals surface area contributed by atoms with E-state index in [1.165, 1.54) is 0 Å². The van der Waals surface area contributed by atoms with Gasteiger partial charge in [-0.05, 0) is 25.2 Å². The predicted molar refractivity (Wildman–Crippen MR) is 118 cm³/mol. The van der Waals surface area contributed by atoms with E-state index in [2.05, 4.69) is 28.6 Å². The number of amides is 3. The van der Waals surface area contributed by atoms with Gasteiger partial charge in [-0.3, -0.25) is 24.0 Å². The van der Waals surface area contributed by atoms with Gasteiger partial charge in [-0.1, -0.05) is 13.8 Å². The molecule has 0 rings (SSSR count). The van der Waals surface area contributed by atoms with Gasteiger partial charge in [-0.2, -0.15) is 12.6 Å². The van der Waals surface area contributed by atoms with Crippen LogP contribution >= 0.6 is 12.6 Å². The number of carboxylic acids is 3. The van der Waals surface area contributed by atoms with Crippen molar-refractivity contribution in [3.05, 3.63) is 0 Å². The molecule has 0 aliphatic heterocycles. The Hall–Kier alpha value is -2.87. The minimum Gasteiger partial charge on any atom is -0.481 e. The maximum atomic E-state index is 12.8. The molecule has 0 saturated carbocycles. The summed E-state index contributed by atoms with van der Waals surface area (Å²) in [4.78, 5) is 70.6. The van der Waals surface area contributed by atoms with Crippen molar-refractivity contribution in [3.8, 4) is 0 Å². The van der Waals surface area contributed by atoms with Crippen molar-refractivity contribution in [2.45, 2.75) is 70.1 Å². The molecular formula is C19H32N4O9S. The molecular weight excluding hydrogens is 460 g/mol. The summed E-state index contributed by atoms with van der Waals surface area (Å²) in [6, 6.07) is -5.07. The van der Waals surface area contributed by atoms with Crippen molar-refractivity contribution in [3.63, 3.8) is 0 Å². The van der Waals surface area contributed by atoms with Crippen LogP contribution in [0, 0.1) is 5.92 Å². The standard InChI is InChI=1S/C19H32N4O9S/c1-9(2)7-13(18(30)22-12(19(31)32)4-6-15(26)27)23-17(29)11(3-5-14(24)25)21-16(28)10(20)8-33/h9-13,33H,3-8,20H2,1-2H3,(H,21,28)(H,22,30)(H,23,29)(H,24,25)(H,26,27)(H,31,32). The molecule has 0 aliphatic rings. The van der Waals surface area contributed by atoms with Crippen molar-refractivity contribution < 1.29 is 44.1 Å². The Bertz CT molecular complexity index is 732. The van der Waals surface area contributed by atoms with Crippen LogP contribution < -0.4 is 21.7 Å². The van der Waals surface area contributed by atoms with Crippen molar-refractivity contribution in [1.82, 2.24) is 16.0 Å². The number of nitrogens with two attached hydrogens (primary N) is 1. The Morgan fingerprint density at radius 3 is 1.61 bits per heavy atom. The van der Waals surface area contributed by atoms with Crippen molar-refractivity contribution in [2.24, 2.45) is 11.7 Å². The van der Waals surface area contributed by atoms with Crippen LogP contribution in [-0.2, 0) is 28.8 Å². The van der Waals surface area contributed by atoms with Crippen LogP contribution in [-0.4, -0.2) is 80.9 Å². The molecule has 0 aromatic carbocycles. The molecule has 13 nitrogen and oxygen atoms in total. The number of carbonyl (C=O) groups excluding carboxylic acids is 3. The van der Waals surface area contributed by atoms with Crippen molar-refractivity contribution in [1.29, 1.82) is 0 Å². The lowest BCUT2D eigenvalue weighted by molar-refractivity contribution is -0.143. The second-order valence-electron chi connectivity index (χ2n) is 7.81. The molecule has 0 aromatic heterocycles. The number of nitrogens with one attached hydrogen (secondary N) is 3. The highest BCUT2D eigenvalue weighted by molar-refractivity contribution is 7.80. The number of aliphatic carboxylic acids is 3.